The van der Waals surface area contributed by atoms with Gasteiger partial charge in [-0.3, -0.25) is 4.79 Å². The topological polar surface area (TPSA) is 71.3 Å². The Balaban J connectivity index is 2.12. The van der Waals surface area contributed by atoms with E-state index in [1.54, 1.807) is 24.3 Å². The van der Waals surface area contributed by atoms with Gasteiger partial charge < -0.3 is 14.8 Å². The molecule has 0 bridgehead atoms. The van der Waals surface area contributed by atoms with Crippen molar-refractivity contribution in [1.29, 1.82) is 5.26 Å². The van der Waals surface area contributed by atoms with Crippen LogP contribution in [0.5, 0.6) is 11.5 Å². The predicted octanol–water partition coefficient (Wildman–Crippen LogP) is 4.11. The van der Waals surface area contributed by atoms with Gasteiger partial charge in [0, 0.05) is 17.1 Å². The number of rotatable bonds is 7. The van der Waals surface area contributed by atoms with Gasteiger partial charge in [0.15, 0.2) is 11.5 Å². The van der Waals surface area contributed by atoms with Crippen molar-refractivity contribution in [3.8, 4) is 17.6 Å². The molecule has 0 saturated heterocycles. The molecular weight excluding hydrogens is 363 g/mol. The Morgan fingerprint density at radius 3 is 2.68 bits per heavy atom. The van der Waals surface area contributed by atoms with Crippen molar-refractivity contribution in [3.05, 3.63) is 57.6 Å². The molecule has 0 aromatic heterocycles. The minimum atomic E-state index is -0.350. The van der Waals surface area contributed by atoms with E-state index in [1.165, 1.54) is 7.11 Å². The summed E-state index contributed by atoms with van der Waals surface area (Å²) in [5.74, 6) is 0.497. The summed E-state index contributed by atoms with van der Waals surface area (Å²) >= 11 is 12.4. The van der Waals surface area contributed by atoms with Gasteiger partial charge in [0.25, 0.3) is 0 Å². The summed E-state index contributed by atoms with van der Waals surface area (Å²) in [5.41, 5.74) is 1.56. The monoisotopic (exact) mass is 378 g/mol. The van der Waals surface area contributed by atoms with Crippen molar-refractivity contribution in [2.24, 2.45) is 0 Å². The largest absolute Gasteiger partial charge is 0.493 e. The molecule has 0 unspecified atom stereocenters. The highest BCUT2D eigenvalue weighted by Crippen LogP contribution is 2.37. The second-order valence-electron chi connectivity index (χ2n) is 5.10. The molecule has 1 amide bonds. The fourth-order valence-electron chi connectivity index (χ4n) is 2.12. The van der Waals surface area contributed by atoms with Crippen LogP contribution >= 0.6 is 23.2 Å². The van der Waals surface area contributed by atoms with E-state index in [-0.39, 0.29) is 25.5 Å². The summed E-state index contributed by atoms with van der Waals surface area (Å²) in [6.45, 7) is 0.482. The third-order valence-electron chi connectivity index (χ3n) is 3.35. The minimum Gasteiger partial charge on any atom is -0.493 e. The van der Waals surface area contributed by atoms with E-state index < -0.39 is 0 Å². The van der Waals surface area contributed by atoms with Gasteiger partial charge in [0.1, 0.15) is 13.0 Å². The molecule has 0 aliphatic rings. The summed E-state index contributed by atoms with van der Waals surface area (Å²) in [4.78, 5) is 11.4. The van der Waals surface area contributed by atoms with Gasteiger partial charge in [0.05, 0.1) is 18.2 Å². The third-order valence-corrected chi connectivity index (χ3v) is 4.00. The molecule has 2 rings (SSSR count). The average molecular weight is 379 g/mol. The molecule has 0 aliphatic carbocycles. The number of nitrogens with zero attached hydrogens (tertiary/aromatic N) is 1. The molecule has 7 heteroatoms. The lowest BCUT2D eigenvalue weighted by Gasteiger charge is -2.15. The normalized spacial score (nSPS) is 10.0. The van der Waals surface area contributed by atoms with Crippen molar-refractivity contribution in [2.75, 3.05) is 7.11 Å². The van der Waals surface area contributed by atoms with Crippen LogP contribution in [0.15, 0.2) is 36.4 Å². The third kappa shape index (κ3) is 5.28. The fraction of sp³-hybridized carbons (Fsp3) is 0.222. The van der Waals surface area contributed by atoms with Crippen LogP contribution in [0.2, 0.25) is 10.0 Å². The molecule has 0 atom stereocenters. The van der Waals surface area contributed by atoms with Crippen molar-refractivity contribution in [2.45, 2.75) is 19.6 Å². The number of carbonyl (C=O) groups excluding carboxylic acids is 1. The summed E-state index contributed by atoms with van der Waals surface area (Å²) in [5, 5.41) is 12.1. The molecule has 0 fully saturated rings. The SMILES string of the molecule is COc1cc(CNC(=O)CC#N)cc(Cl)c1OCc1ccccc1Cl. The first-order valence-corrected chi connectivity index (χ1v) is 8.17. The van der Waals surface area contributed by atoms with E-state index in [9.17, 15) is 4.79 Å². The van der Waals surface area contributed by atoms with Gasteiger partial charge in [0.2, 0.25) is 5.91 Å². The maximum absolute atomic E-state index is 11.4. The Bertz CT molecular complexity index is 803. The van der Waals surface area contributed by atoms with E-state index in [4.69, 9.17) is 37.9 Å². The first-order chi connectivity index (χ1) is 12.0. The summed E-state index contributed by atoms with van der Waals surface area (Å²) in [6.07, 6.45) is -0.191. The number of hydrogen-bond donors (Lipinski definition) is 1. The van der Waals surface area contributed by atoms with Crippen LogP contribution in [0.25, 0.3) is 0 Å². The van der Waals surface area contributed by atoms with E-state index in [0.717, 1.165) is 11.1 Å². The number of nitrogens with one attached hydrogen (secondary N) is 1. The maximum Gasteiger partial charge on any atom is 0.234 e. The van der Waals surface area contributed by atoms with Crippen molar-refractivity contribution in [3.63, 3.8) is 0 Å². The molecule has 0 aliphatic heterocycles. The molecule has 2 aromatic rings. The van der Waals surface area contributed by atoms with Gasteiger partial charge in [-0.05, 0) is 23.8 Å². The standard InChI is InChI=1S/C18H16Cl2N2O3/c1-24-16-9-12(10-22-17(23)6-7-21)8-15(20)18(16)25-11-13-4-2-3-5-14(13)19/h2-5,8-9H,6,10-11H2,1H3,(H,22,23). The maximum atomic E-state index is 11.4. The van der Waals surface area contributed by atoms with E-state index >= 15 is 0 Å². The van der Waals surface area contributed by atoms with Gasteiger partial charge in [-0.2, -0.15) is 5.26 Å². The lowest BCUT2D eigenvalue weighted by atomic mass is 10.2. The van der Waals surface area contributed by atoms with Crippen molar-refractivity contribution >= 4 is 29.1 Å². The summed E-state index contributed by atoms with van der Waals surface area (Å²) in [6, 6.07) is 12.6. The van der Waals surface area contributed by atoms with Crippen LogP contribution in [0, 0.1) is 11.3 Å². The Kier molecular flexibility index (Phi) is 6.93. The lowest BCUT2D eigenvalue weighted by molar-refractivity contribution is -0.120. The Hall–Kier alpha value is -2.42. The quantitative estimate of drug-likeness (QED) is 0.786. The minimum absolute atomic E-state index is 0.191. The zero-order valence-corrected chi connectivity index (χ0v) is 15.0. The van der Waals surface area contributed by atoms with Crippen LogP contribution in [-0.2, 0) is 17.9 Å². The first kappa shape index (κ1) is 18.9. The number of carbonyl (C=O) groups is 1. The highest BCUT2D eigenvalue weighted by Gasteiger charge is 2.13. The Morgan fingerprint density at radius 2 is 2.00 bits per heavy atom. The highest BCUT2D eigenvalue weighted by atomic mass is 35.5. The molecule has 0 radical (unpaired) electrons. The number of ether oxygens (including phenoxy) is 2. The highest BCUT2D eigenvalue weighted by molar-refractivity contribution is 6.32. The predicted molar refractivity (Wildman–Crippen MR) is 95.9 cm³/mol. The molecule has 0 spiro atoms. The fourth-order valence-corrected chi connectivity index (χ4v) is 2.59. The van der Waals surface area contributed by atoms with Gasteiger partial charge in [-0.25, -0.2) is 0 Å². The van der Waals surface area contributed by atoms with E-state index in [1.807, 2.05) is 18.2 Å². The summed E-state index contributed by atoms with van der Waals surface area (Å²) < 4.78 is 11.1. The number of hydrogen-bond acceptors (Lipinski definition) is 4. The number of benzene rings is 2. The van der Waals surface area contributed by atoms with Gasteiger partial charge in [-0.15, -0.1) is 0 Å². The molecular formula is C18H16Cl2N2O3. The number of halogens is 2. The van der Waals surface area contributed by atoms with Crippen LogP contribution in [0.1, 0.15) is 17.5 Å². The average Bonchev–Trinajstić information content (AvgIpc) is 2.60. The molecule has 0 heterocycles. The molecule has 2 aromatic carbocycles. The van der Waals surface area contributed by atoms with E-state index in [0.29, 0.717) is 21.5 Å². The van der Waals surface area contributed by atoms with Crippen LogP contribution in [-0.4, -0.2) is 13.0 Å². The molecule has 5 nitrogen and oxygen atoms in total. The van der Waals surface area contributed by atoms with Gasteiger partial charge in [-0.1, -0.05) is 41.4 Å². The second kappa shape index (κ2) is 9.16. The number of amides is 1. The van der Waals surface area contributed by atoms with Crippen molar-refractivity contribution in [1.82, 2.24) is 5.32 Å². The van der Waals surface area contributed by atoms with Gasteiger partial charge >= 0.3 is 0 Å². The number of methoxy groups -OCH3 is 1. The molecule has 0 saturated carbocycles. The Labute approximate surface area is 156 Å². The van der Waals surface area contributed by atoms with Crippen LogP contribution < -0.4 is 14.8 Å². The van der Waals surface area contributed by atoms with Crippen molar-refractivity contribution < 1.29 is 14.3 Å². The zero-order chi connectivity index (χ0) is 18.2. The molecule has 1 N–H and O–H groups in total. The van der Waals surface area contributed by atoms with Crippen LogP contribution in [0.3, 0.4) is 0 Å². The first-order valence-electron chi connectivity index (χ1n) is 7.41. The van der Waals surface area contributed by atoms with Crippen LogP contribution in [0.4, 0.5) is 0 Å². The summed E-state index contributed by atoms with van der Waals surface area (Å²) in [7, 11) is 1.51. The second-order valence-corrected chi connectivity index (χ2v) is 5.92. The Morgan fingerprint density at radius 1 is 1.24 bits per heavy atom. The molecule has 130 valence electrons. The number of nitriles is 1. The lowest BCUT2D eigenvalue weighted by Crippen LogP contribution is -2.21. The van der Waals surface area contributed by atoms with E-state index in [2.05, 4.69) is 5.32 Å². The smallest absolute Gasteiger partial charge is 0.234 e. The zero-order valence-electron chi connectivity index (χ0n) is 13.5. The molecule has 25 heavy (non-hydrogen) atoms.